The number of β-amino-alcohol motifs (C(OH)–C–C–N with tert-alkyl or cyclic N) is 1. The normalized spacial score (nSPS) is 22.4. The van der Waals surface area contributed by atoms with E-state index in [9.17, 15) is 5.11 Å². The Morgan fingerprint density at radius 3 is 2.74 bits per heavy atom. The quantitative estimate of drug-likeness (QED) is 0.917. The van der Waals surface area contributed by atoms with Crippen molar-refractivity contribution in [3.8, 4) is 0 Å². The van der Waals surface area contributed by atoms with Crippen LogP contribution in [0.4, 0.5) is 0 Å². The predicted octanol–water partition coefficient (Wildman–Crippen LogP) is 1.65. The number of hydrogen-bond donors (Lipinski definition) is 1. The third-order valence-corrected chi connectivity index (χ3v) is 4.97. The molecule has 0 bridgehead atoms. The molecule has 1 fully saturated rings. The summed E-state index contributed by atoms with van der Waals surface area (Å²) in [6.45, 7) is 8.02. The van der Waals surface area contributed by atoms with Crippen molar-refractivity contribution in [1.29, 1.82) is 0 Å². The van der Waals surface area contributed by atoms with Crippen LogP contribution in [0.5, 0.6) is 0 Å². The van der Waals surface area contributed by atoms with Crippen molar-refractivity contribution in [2.75, 3.05) is 13.1 Å². The van der Waals surface area contributed by atoms with Crippen molar-refractivity contribution in [2.24, 2.45) is 7.05 Å². The molecule has 0 unspecified atom stereocenters. The van der Waals surface area contributed by atoms with Gasteiger partial charge in [-0.05, 0) is 27.2 Å². The van der Waals surface area contributed by atoms with Crippen molar-refractivity contribution in [3.05, 3.63) is 28.3 Å². The molecule has 0 radical (unpaired) electrons. The Labute approximate surface area is 140 Å². The molecular weight excluding hydrogens is 316 g/mol. The summed E-state index contributed by atoms with van der Waals surface area (Å²) >= 11 is 6.30. The number of halogens is 1. The lowest BCUT2D eigenvalue weighted by molar-refractivity contribution is 0.0408. The number of rotatable bonds is 4. The summed E-state index contributed by atoms with van der Waals surface area (Å²) in [6, 6.07) is 0.231. The summed E-state index contributed by atoms with van der Waals surface area (Å²) in [5, 5.41) is 24.2. The first-order chi connectivity index (χ1) is 10.8. The molecular formula is C15H23ClN6O. The summed E-state index contributed by atoms with van der Waals surface area (Å²) in [5.41, 5.74) is 1.64. The fourth-order valence-electron chi connectivity index (χ4n) is 3.03. The summed E-state index contributed by atoms with van der Waals surface area (Å²) in [4.78, 5) is 2.18. The molecule has 7 nitrogen and oxygen atoms in total. The zero-order chi connectivity index (χ0) is 16.8. The van der Waals surface area contributed by atoms with Gasteiger partial charge in [-0.3, -0.25) is 9.58 Å². The first-order valence-corrected chi connectivity index (χ1v) is 8.23. The Morgan fingerprint density at radius 1 is 1.43 bits per heavy atom. The lowest BCUT2D eigenvalue weighted by atomic mass is 10.00. The van der Waals surface area contributed by atoms with E-state index in [4.69, 9.17) is 11.6 Å². The van der Waals surface area contributed by atoms with Crippen molar-refractivity contribution in [1.82, 2.24) is 29.7 Å². The van der Waals surface area contributed by atoms with E-state index < -0.39 is 5.60 Å². The number of likely N-dealkylation sites (tertiary alicyclic amines) is 1. The molecule has 2 aromatic heterocycles. The molecule has 1 aliphatic rings. The molecule has 1 atom stereocenters. The maximum Gasteiger partial charge on any atom is 0.131 e. The van der Waals surface area contributed by atoms with Crippen LogP contribution in [-0.4, -0.2) is 47.9 Å². The Balaban J connectivity index is 1.74. The van der Waals surface area contributed by atoms with E-state index >= 15 is 0 Å². The van der Waals surface area contributed by atoms with Gasteiger partial charge in [0.2, 0.25) is 0 Å². The molecule has 0 amide bonds. The number of hydrogen-bond acceptors (Lipinski definition) is 5. The van der Waals surface area contributed by atoms with Crippen LogP contribution in [0.1, 0.15) is 43.3 Å². The highest BCUT2D eigenvalue weighted by Crippen LogP contribution is 2.32. The van der Waals surface area contributed by atoms with Gasteiger partial charge in [0.1, 0.15) is 16.4 Å². The van der Waals surface area contributed by atoms with E-state index in [0.717, 1.165) is 17.8 Å². The highest BCUT2D eigenvalue weighted by atomic mass is 35.5. The van der Waals surface area contributed by atoms with Crippen LogP contribution in [0.25, 0.3) is 0 Å². The topological polar surface area (TPSA) is 72.0 Å². The second-order valence-corrected chi connectivity index (χ2v) is 7.01. The highest BCUT2D eigenvalue weighted by Gasteiger charge is 2.40. The average Bonchev–Trinajstić information content (AvgIpc) is 3.16. The van der Waals surface area contributed by atoms with Gasteiger partial charge in [0, 0.05) is 38.3 Å². The van der Waals surface area contributed by atoms with Crippen LogP contribution in [0.15, 0.2) is 6.20 Å². The first-order valence-electron chi connectivity index (χ1n) is 7.85. The third-order valence-electron chi connectivity index (χ3n) is 4.49. The van der Waals surface area contributed by atoms with Gasteiger partial charge in [-0.15, -0.1) is 5.10 Å². The Hall–Kier alpha value is -1.44. The van der Waals surface area contributed by atoms with E-state index in [-0.39, 0.29) is 6.04 Å². The Bertz CT molecular complexity index is 709. The second-order valence-electron chi connectivity index (χ2n) is 6.65. The van der Waals surface area contributed by atoms with Crippen LogP contribution in [-0.2, 0) is 19.2 Å². The Morgan fingerprint density at radius 2 is 2.17 bits per heavy atom. The van der Waals surface area contributed by atoms with Gasteiger partial charge in [-0.25, -0.2) is 4.68 Å². The van der Waals surface area contributed by atoms with E-state index in [1.807, 2.05) is 34.0 Å². The van der Waals surface area contributed by atoms with Gasteiger partial charge >= 0.3 is 0 Å². The van der Waals surface area contributed by atoms with Gasteiger partial charge in [0.25, 0.3) is 0 Å². The molecule has 1 saturated heterocycles. The molecule has 1 aliphatic heterocycles. The van der Waals surface area contributed by atoms with E-state index in [0.29, 0.717) is 30.4 Å². The van der Waals surface area contributed by atoms with Crippen molar-refractivity contribution < 1.29 is 5.11 Å². The van der Waals surface area contributed by atoms with Crippen LogP contribution >= 0.6 is 11.6 Å². The largest absolute Gasteiger partial charge is 0.382 e. The fourth-order valence-corrected chi connectivity index (χ4v) is 3.27. The van der Waals surface area contributed by atoms with Gasteiger partial charge in [-0.2, -0.15) is 5.10 Å². The molecule has 2 aromatic rings. The fraction of sp³-hybridized carbons (Fsp3) is 0.667. The number of aromatic nitrogens is 5. The number of nitrogens with zero attached hydrogens (tertiary/aromatic N) is 6. The summed E-state index contributed by atoms with van der Waals surface area (Å²) in [6.07, 6.45) is 2.48. The van der Waals surface area contributed by atoms with Crippen molar-refractivity contribution in [3.63, 3.8) is 0 Å². The zero-order valence-electron chi connectivity index (χ0n) is 14.0. The van der Waals surface area contributed by atoms with Crippen LogP contribution in [0.3, 0.4) is 0 Å². The minimum absolute atomic E-state index is 0.231. The monoisotopic (exact) mass is 338 g/mol. The van der Waals surface area contributed by atoms with Gasteiger partial charge in [0.15, 0.2) is 0 Å². The minimum Gasteiger partial charge on any atom is -0.382 e. The third kappa shape index (κ3) is 3.00. The molecule has 0 aliphatic carbocycles. The van der Waals surface area contributed by atoms with Crippen LogP contribution in [0, 0.1) is 6.92 Å². The molecule has 23 heavy (non-hydrogen) atoms. The lowest BCUT2D eigenvalue weighted by Crippen LogP contribution is -2.31. The second kappa shape index (κ2) is 5.89. The average molecular weight is 339 g/mol. The first kappa shape index (κ1) is 16.4. The predicted molar refractivity (Wildman–Crippen MR) is 87.2 cm³/mol. The lowest BCUT2D eigenvalue weighted by Gasteiger charge is -2.21. The molecule has 0 saturated carbocycles. The smallest absolute Gasteiger partial charge is 0.131 e. The van der Waals surface area contributed by atoms with E-state index in [2.05, 4.69) is 20.3 Å². The SMILES string of the molecule is Cc1nn(C)c(Cl)c1CN1CC[C@](O)(c2cn(C(C)C)nn2)C1. The minimum atomic E-state index is -0.949. The van der Waals surface area contributed by atoms with Crippen molar-refractivity contribution >= 4 is 11.6 Å². The summed E-state index contributed by atoms with van der Waals surface area (Å²) in [7, 11) is 1.84. The van der Waals surface area contributed by atoms with E-state index in [1.165, 1.54) is 0 Å². The molecule has 8 heteroatoms. The van der Waals surface area contributed by atoms with Crippen LogP contribution < -0.4 is 0 Å². The van der Waals surface area contributed by atoms with Gasteiger partial charge < -0.3 is 5.11 Å². The van der Waals surface area contributed by atoms with Crippen molar-refractivity contribution in [2.45, 2.75) is 45.4 Å². The molecule has 0 spiro atoms. The van der Waals surface area contributed by atoms with E-state index in [1.54, 1.807) is 9.36 Å². The van der Waals surface area contributed by atoms with Gasteiger partial charge in [-0.1, -0.05) is 16.8 Å². The maximum atomic E-state index is 10.9. The Kier molecular flexibility index (Phi) is 4.20. The maximum absolute atomic E-state index is 10.9. The molecule has 3 heterocycles. The number of aryl methyl sites for hydroxylation is 2. The standard InChI is InChI=1S/C15H23ClN6O/c1-10(2)22-8-13(17-19-22)15(23)5-6-21(9-15)7-12-11(3)18-20(4)14(12)16/h8,10,23H,5-7,9H2,1-4H3/t15-/m1/s1. The highest BCUT2D eigenvalue weighted by molar-refractivity contribution is 6.30. The molecule has 126 valence electrons. The van der Waals surface area contributed by atoms with Gasteiger partial charge in [0.05, 0.1) is 11.9 Å². The number of aliphatic hydroxyl groups is 1. The molecule has 0 aromatic carbocycles. The summed E-state index contributed by atoms with van der Waals surface area (Å²) < 4.78 is 3.46. The molecule has 1 N–H and O–H groups in total. The molecule has 3 rings (SSSR count). The van der Waals surface area contributed by atoms with Crippen LogP contribution in [0.2, 0.25) is 5.15 Å². The zero-order valence-corrected chi connectivity index (χ0v) is 14.7. The summed E-state index contributed by atoms with van der Waals surface area (Å²) in [5.74, 6) is 0.